The monoisotopic (exact) mass is 467 g/mol. The molecule has 0 bridgehead atoms. The minimum Gasteiger partial charge on any atom is -0.363 e. The van der Waals surface area contributed by atoms with E-state index in [9.17, 15) is 23.2 Å². The van der Waals surface area contributed by atoms with Crippen LogP contribution in [0, 0.1) is 16.7 Å². The highest BCUT2D eigenvalue weighted by molar-refractivity contribution is 6.12. The molecular formula is C23H20F3N7O. The molecule has 0 spiro atoms. The van der Waals surface area contributed by atoms with Gasteiger partial charge < -0.3 is 10.3 Å². The van der Waals surface area contributed by atoms with E-state index in [1.807, 2.05) is 0 Å². The van der Waals surface area contributed by atoms with Crippen LogP contribution in [0.3, 0.4) is 0 Å². The highest BCUT2D eigenvalue weighted by Gasteiger charge is 2.38. The molecule has 174 valence electrons. The lowest BCUT2D eigenvalue weighted by Crippen LogP contribution is -2.30. The van der Waals surface area contributed by atoms with Gasteiger partial charge in [0.05, 0.1) is 5.56 Å². The van der Waals surface area contributed by atoms with E-state index in [0.717, 1.165) is 25.0 Å². The molecule has 0 amide bonds. The van der Waals surface area contributed by atoms with Crippen LogP contribution in [-0.4, -0.2) is 25.6 Å². The maximum Gasteiger partial charge on any atom is 0.416 e. The Morgan fingerprint density at radius 2 is 1.94 bits per heavy atom. The van der Waals surface area contributed by atoms with E-state index >= 15 is 0 Å². The first kappa shape index (κ1) is 23.1. The summed E-state index contributed by atoms with van der Waals surface area (Å²) in [6, 6.07) is 7.44. The van der Waals surface area contributed by atoms with Crippen molar-refractivity contribution in [3.63, 3.8) is 0 Å². The summed E-state index contributed by atoms with van der Waals surface area (Å²) in [5, 5.41) is 20.1. The second kappa shape index (κ2) is 9.05. The molecule has 34 heavy (non-hydrogen) atoms. The SMILES string of the molecule is CC(Nc1nc(C2CCC2c2ncccn2)[nH]c(=O)c1C(=N)C#N)c1cccc(C(F)(F)F)c1. The Hall–Kier alpha value is -4.07. The largest absolute Gasteiger partial charge is 0.416 e. The molecule has 4 rings (SSSR count). The molecule has 11 heteroatoms. The van der Waals surface area contributed by atoms with Gasteiger partial charge in [0.1, 0.15) is 34.8 Å². The number of benzene rings is 1. The maximum atomic E-state index is 13.1. The standard InChI is InChI=1S/C23H20F3N7O/c1-12(13-4-2-5-14(10-13)23(24,25)26)31-21-18(17(28)11-27)22(34)33-20(32-21)16-7-6-15(16)19-29-8-3-9-30-19/h2-5,8-10,12,15-16,28H,6-7H2,1H3,(H2,31,32,33,34). The maximum absolute atomic E-state index is 13.1. The smallest absolute Gasteiger partial charge is 0.363 e. The zero-order valence-corrected chi connectivity index (χ0v) is 18.0. The van der Waals surface area contributed by atoms with Gasteiger partial charge in [-0.25, -0.2) is 15.0 Å². The van der Waals surface area contributed by atoms with E-state index in [1.165, 1.54) is 12.1 Å². The summed E-state index contributed by atoms with van der Waals surface area (Å²) in [6.45, 7) is 1.61. The van der Waals surface area contributed by atoms with Crippen LogP contribution in [0.1, 0.15) is 66.0 Å². The lowest BCUT2D eigenvalue weighted by Gasteiger charge is -2.34. The van der Waals surface area contributed by atoms with Crippen LogP contribution in [0.2, 0.25) is 0 Å². The highest BCUT2D eigenvalue weighted by Crippen LogP contribution is 2.46. The average Bonchev–Trinajstić information content (AvgIpc) is 2.78. The van der Waals surface area contributed by atoms with Gasteiger partial charge in [0.2, 0.25) is 0 Å². The third-order valence-electron chi connectivity index (χ3n) is 5.91. The minimum absolute atomic E-state index is 0.0326. The molecule has 3 aromatic rings. The number of H-pyrrole nitrogens is 1. The molecule has 1 saturated carbocycles. The number of aromatic nitrogens is 4. The van der Waals surface area contributed by atoms with Gasteiger partial charge in [-0.1, -0.05) is 12.1 Å². The summed E-state index contributed by atoms with van der Waals surface area (Å²) >= 11 is 0. The number of hydrogen-bond donors (Lipinski definition) is 3. The molecule has 1 aliphatic carbocycles. The number of alkyl halides is 3. The number of hydrogen-bond acceptors (Lipinski definition) is 7. The van der Waals surface area contributed by atoms with Crippen molar-refractivity contribution in [3.8, 4) is 6.07 Å². The molecule has 0 aliphatic heterocycles. The first-order valence-electron chi connectivity index (χ1n) is 10.5. The van der Waals surface area contributed by atoms with Gasteiger partial charge in [-0.05, 0) is 43.5 Å². The fraction of sp³-hybridized carbons (Fsp3) is 0.304. The van der Waals surface area contributed by atoms with Gasteiger partial charge in [-0.3, -0.25) is 10.2 Å². The van der Waals surface area contributed by atoms with Gasteiger partial charge in [0.15, 0.2) is 0 Å². The van der Waals surface area contributed by atoms with Crippen molar-refractivity contribution in [1.82, 2.24) is 19.9 Å². The van der Waals surface area contributed by atoms with Gasteiger partial charge in [0.25, 0.3) is 5.56 Å². The summed E-state index contributed by atoms with van der Waals surface area (Å²) in [5.74, 6) is 0.711. The van der Waals surface area contributed by atoms with Crippen LogP contribution in [0.25, 0.3) is 0 Å². The summed E-state index contributed by atoms with van der Waals surface area (Å²) in [4.78, 5) is 28.6. The predicted molar refractivity (Wildman–Crippen MR) is 118 cm³/mol. The highest BCUT2D eigenvalue weighted by atomic mass is 19.4. The first-order valence-corrected chi connectivity index (χ1v) is 10.5. The lowest BCUT2D eigenvalue weighted by molar-refractivity contribution is -0.137. The Balaban J connectivity index is 1.70. The zero-order valence-electron chi connectivity index (χ0n) is 18.0. The summed E-state index contributed by atoms with van der Waals surface area (Å²) < 4.78 is 39.4. The Morgan fingerprint density at radius 3 is 2.56 bits per heavy atom. The second-order valence-electron chi connectivity index (χ2n) is 8.05. The number of anilines is 1. The molecule has 1 fully saturated rings. The molecule has 1 aromatic carbocycles. The van der Waals surface area contributed by atoms with Crippen LogP contribution in [-0.2, 0) is 6.18 Å². The number of nitrogens with zero attached hydrogens (tertiary/aromatic N) is 4. The Kier molecular flexibility index (Phi) is 6.15. The Labute approximate surface area is 192 Å². The molecule has 1 aliphatic rings. The fourth-order valence-electron chi connectivity index (χ4n) is 3.97. The van der Waals surface area contributed by atoms with Crippen LogP contribution in [0.4, 0.5) is 19.0 Å². The molecule has 0 saturated heterocycles. The molecule has 3 N–H and O–H groups in total. The van der Waals surface area contributed by atoms with E-state index in [4.69, 9.17) is 5.41 Å². The Morgan fingerprint density at radius 1 is 1.24 bits per heavy atom. The van der Waals surface area contributed by atoms with Crippen molar-refractivity contribution in [3.05, 3.63) is 81.4 Å². The van der Waals surface area contributed by atoms with Gasteiger partial charge >= 0.3 is 6.18 Å². The van der Waals surface area contributed by atoms with Crippen molar-refractivity contribution in [2.45, 2.75) is 43.8 Å². The topological polar surface area (TPSA) is 131 Å². The number of rotatable bonds is 6. The summed E-state index contributed by atoms with van der Waals surface area (Å²) in [6.07, 6.45) is 0.295. The average molecular weight is 467 g/mol. The second-order valence-corrected chi connectivity index (χ2v) is 8.05. The fourth-order valence-corrected chi connectivity index (χ4v) is 3.97. The molecule has 3 atom stereocenters. The van der Waals surface area contributed by atoms with Crippen LogP contribution >= 0.6 is 0 Å². The molecule has 0 radical (unpaired) electrons. The quantitative estimate of drug-likeness (QED) is 0.463. The van der Waals surface area contributed by atoms with Crippen molar-refractivity contribution in [1.29, 1.82) is 10.7 Å². The molecule has 2 aromatic heterocycles. The number of nitrogens with one attached hydrogen (secondary N) is 3. The Bertz CT molecular complexity index is 1310. The van der Waals surface area contributed by atoms with Crippen molar-refractivity contribution >= 4 is 11.5 Å². The summed E-state index contributed by atoms with van der Waals surface area (Å²) in [5.41, 5.74) is -2.03. The van der Waals surface area contributed by atoms with Gasteiger partial charge in [0, 0.05) is 30.3 Å². The third kappa shape index (κ3) is 4.52. The summed E-state index contributed by atoms with van der Waals surface area (Å²) in [7, 11) is 0. The zero-order chi connectivity index (χ0) is 24.5. The molecular weight excluding hydrogens is 447 g/mol. The van der Waals surface area contributed by atoms with Crippen molar-refractivity contribution in [2.24, 2.45) is 0 Å². The van der Waals surface area contributed by atoms with Crippen molar-refractivity contribution < 1.29 is 13.2 Å². The molecule has 2 heterocycles. The molecule has 8 nitrogen and oxygen atoms in total. The minimum atomic E-state index is -4.50. The number of aromatic amines is 1. The van der Waals surface area contributed by atoms with Gasteiger partial charge in [-0.15, -0.1) is 0 Å². The van der Waals surface area contributed by atoms with E-state index in [0.29, 0.717) is 17.2 Å². The first-order chi connectivity index (χ1) is 16.2. The van der Waals surface area contributed by atoms with Crippen LogP contribution in [0.5, 0.6) is 0 Å². The lowest BCUT2D eigenvalue weighted by atomic mass is 9.72. The van der Waals surface area contributed by atoms with E-state index in [2.05, 4.69) is 25.3 Å². The van der Waals surface area contributed by atoms with E-state index in [-0.39, 0.29) is 23.2 Å². The van der Waals surface area contributed by atoms with Crippen LogP contribution in [0.15, 0.2) is 47.5 Å². The van der Waals surface area contributed by atoms with E-state index < -0.39 is 29.1 Å². The van der Waals surface area contributed by atoms with Crippen molar-refractivity contribution in [2.75, 3.05) is 5.32 Å². The number of nitriles is 1. The normalized spacial score (nSPS) is 18.4. The van der Waals surface area contributed by atoms with Gasteiger partial charge in [-0.2, -0.15) is 18.4 Å². The van der Waals surface area contributed by atoms with Crippen LogP contribution < -0.4 is 10.9 Å². The molecule has 3 unspecified atom stereocenters. The third-order valence-corrected chi connectivity index (χ3v) is 5.91. The number of halogens is 3. The predicted octanol–water partition coefficient (Wildman–Crippen LogP) is 4.30. The van der Waals surface area contributed by atoms with E-state index in [1.54, 1.807) is 31.5 Å².